The van der Waals surface area contributed by atoms with E-state index in [2.05, 4.69) is 30.3 Å². The summed E-state index contributed by atoms with van der Waals surface area (Å²) < 4.78 is 10.6. The molecule has 0 bridgehead atoms. The van der Waals surface area contributed by atoms with Crippen LogP contribution in [0, 0.1) is 13.8 Å². The number of carbonyl (C=O) groups is 1. The molecule has 10 nitrogen and oxygen atoms in total. The maximum absolute atomic E-state index is 13.7. The van der Waals surface area contributed by atoms with Crippen molar-refractivity contribution in [1.29, 1.82) is 0 Å². The van der Waals surface area contributed by atoms with Gasteiger partial charge in [0.15, 0.2) is 5.82 Å². The van der Waals surface area contributed by atoms with E-state index in [4.69, 9.17) is 9.26 Å². The van der Waals surface area contributed by atoms with E-state index in [1.807, 2.05) is 49.1 Å². The molecule has 2 aromatic heterocycles. The predicted molar refractivity (Wildman–Crippen MR) is 130 cm³/mol. The summed E-state index contributed by atoms with van der Waals surface area (Å²) in [4.78, 5) is 31.5. The number of carbonyl (C=O) groups excluding carboxylic acids is 1. The van der Waals surface area contributed by atoms with Gasteiger partial charge in [-0.1, -0.05) is 23.4 Å². The van der Waals surface area contributed by atoms with E-state index in [9.17, 15) is 4.79 Å². The van der Waals surface area contributed by atoms with Crippen LogP contribution in [-0.4, -0.2) is 69.7 Å². The summed E-state index contributed by atoms with van der Waals surface area (Å²) in [6.45, 7) is 7.62. The number of hydrogen-bond acceptors (Lipinski definition) is 9. The Labute approximate surface area is 204 Å². The van der Waals surface area contributed by atoms with Crippen LogP contribution in [0.25, 0.3) is 11.5 Å². The minimum Gasteiger partial charge on any atom is -0.377 e. The van der Waals surface area contributed by atoms with Gasteiger partial charge in [-0.25, -0.2) is 9.97 Å². The summed E-state index contributed by atoms with van der Waals surface area (Å²) in [5, 5.41) is 7.52. The van der Waals surface area contributed by atoms with Gasteiger partial charge in [0.05, 0.1) is 0 Å². The van der Waals surface area contributed by atoms with E-state index in [1.165, 1.54) is 0 Å². The van der Waals surface area contributed by atoms with Crippen LogP contribution in [0.3, 0.4) is 0 Å². The molecule has 2 saturated heterocycles. The van der Waals surface area contributed by atoms with Gasteiger partial charge in [-0.2, -0.15) is 4.98 Å². The predicted octanol–water partition coefficient (Wildman–Crippen LogP) is 2.26. The molecular formula is C25H31N7O3. The lowest BCUT2D eigenvalue weighted by Crippen LogP contribution is -2.67. The molecule has 184 valence electrons. The molecule has 2 aliphatic heterocycles. The van der Waals surface area contributed by atoms with E-state index < -0.39 is 5.54 Å². The highest BCUT2D eigenvalue weighted by Crippen LogP contribution is 2.31. The maximum Gasteiger partial charge on any atom is 0.258 e. The van der Waals surface area contributed by atoms with Crippen LogP contribution in [0.2, 0.25) is 0 Å². The SMILES string of the molecule is COCc1noc(-c2ccccc2CN2CCNC3(CCN(c4nc(C)cc(C)n4)CC3)C2=O)n1. The monoisotopic (exact) mass is 477 g/mol. The van der Waals surface area contributed by atoms with Gasteiger partial charge >= 0.3 is 0 Å². The third-order valence-corrected chi connectivity index (χ3v) is 6.76. The number of rotatable bonds is 6. The number of nitrogens with zero attached hydrogens (tertiary/aromatic N) is 6. The third kappa shape index (κ3) is 4.76. The Morgan fingerprint density at radius 3 is 2.57 bits per heavy atom. The molecule has 2 aliphatic rings. The van der Waals surface area contributed by atoms with Crippen LogP contribution in [0.4, 0.5) is 5.95 Å². The fourth-order valence-corrected chi connectivity index (χ4v) is 5.01. The average molecular weight is 478 g/mol. The molecule has 0 radical (unpaired) electrons. The number of aromatic nitrogens is 4. The number of benzene rings is 1. The summed E-state index contributed by atoms with van der Waals surface area (Å²) in [5.74, 6) is 1.82. The van der Waals surface area contributed by atoms with E-state index >= 15 is 0 Å². The fraction of sp³-hybridized carbons (Fsp3) is 0.480. The minimum absolute atomic E-state index is 0.144. The highest BCUT2D eigenvalue weighted by molar-refractivity contribution is 5.87. The number of anilines is 1. The maximum atomic E-state index is 13.7. The lowest BCUT2D eigenvalue weighted by Gasteiger charge is -2.47. The molecule has 10 heteroatoms. The Bertz CT molecular complexity index is 1180. The smallest absolute Gasteiger partial charge is 0.258 e. The number of ether oxygens (including phenoxy) is 1. The number of hydrogen-bond donors (Lipinski definition) is 1. The first-order valence-corrected chi connectivity index (χ1v) is 12.0. The number of nitrogens with one attached hydrogen (secondary N) is 1. The van der Waals surface area contributed by atoms with Crippen LogP contribution in [-0.2, 0) is 22.7 Å². The van der Waals surface area contributed by atoms with Crippen LogP contribution >= 0.6 is 0 Å². The third-order valence-electron chi connectivity index (χ3n) is 6.76. The van der Waals surface area contributed by atoms with Crippen molar-refractivity contribution in [1.82, 2.24) is 30.3 Å². The van der Waals surface area contributed by atoms with Gasteiger partial charge < -0.3 is 24.4 Å². The molecule has 0 atom stereocenters. The highest BCUT2D eigenvalue weighted by atomic mass is 16.5. The Balaban J connectivity index is 1.31. The van der Waals surface area contributed by atoms with Crippen LogP contribution in [0.15, 0.2) is 34.9 Å². The van der Waals surface area contributed by atoms with Crippen molar-refractivity contribution in [2.45, 2.75) is 45.4 Å². The van der Waals surface area contributed by atoms with Gasteiger partial charge in [0.25, 0.3) is 5.89 Å². The Hall–Kier alpha value is -3.37. The first-order chi connectivity index (χ1) is 17.0. The number of piperidine rings is 1. The van der Waals surface area contributed by atoms with E-state index in [1.54, 1.807) is 7.11 Å². The first kappa shape index (κ1) is 23.4. The topological polar surface area (TPSA) is 110 Å². The molecule has 1 aromatic carbocycles. The second-order valence-electron chi connectivity index (χ2n) is 9.28. The van der Waals surface area contributed by atoms with Crippen molar-refractivity contribution in [3.63, 3.8) is 0 Å². The van der Waals surface area contributed by atoms with Crippen molar-refractivity contribution < 1.29 is 14.1 Å². The van der Waals surface area contributed by atoms with Crippen LogP contribution in [0.1, 0.15) is 35.6 Å². The van der Waals surface area contributed by atoms with Crippen LogP contribution < -0.4 is 10.2 Å². The van der Waals surface area contributed by atoms with Gasteiger partial charge in [-0.15, -0.1) is 0 Å². The highest BCUT2D eigenvalue weighted by Gasteiger charge is 2.46. The molecule has 1 spiro atoms. The standard InChI is InChI=1S/C25H31N7O3/c1-17-14-18(2)28-24(27-17)31-11-8-25(9-12-31)23(33)32(13-10-26-25)15-19-6-4-5-7-20(19)22-29-21(16-34-3)30-35-22/h4-7,14,26H,8-13,15-16H2,1-3H3. The largest absolute Gasteiger partial charge is 0.377 e. The van der Waals surface area contributed by atoms with Gasteiger partial charge in [0.2, 0.25) is 11.9 Å². The van der Waals surface area contributed by atoms with E-state index in [-0.39, 0.29) is 12.5 Å². The zero-order valence-electron chi connectivity index (χ0n) is 20.5. The van der Waals surface area contributed by atoms with E-state index in [0.717, 1.165) is 48.1 Å². The summed E-state index contributed by atoms with van der Waals surface area (Å²) in [5.41, 5.74) is 3.18. The van der Waals surface area contributed by atoms with Crippen molar-refractivity contribution >= 4 is 11.9 Å². The minimum atomic E-state index is -0.557. The molecule has 0 unspecified atom stereocenters. The normalized spacial score (nSPS) is 17.9. The molecule has 1 N–H and O–H groups in total. The molecule has 5 rings (SSSR count). The fourth-order valence-electron chi connectivity index (χ4n) is 5.01. The molecule has 3 aromatic rings. The van der Waals surface area contributed by atoms with Gasteiger partial charge in [0.1, 0.15) is 12.1 Å². The molecule has 1 amide bonds. The number of methoxy groups -OCH3 is 1. The first-order valence-electron chi connectivity index (χ1n) is 12.0. The lowest BCUT2D eigenvalue weighted by molar-refractivity contribution is -0.143. The molecule has 35 heavy (non-hydrogen) atoms. The Kier molecular flexibility index (Phi) is 6.48. The summed E-state index contributed by atoms with van der Waals surface area (Å²) in [7, 11) is 1.59. The number of amides is 1. The van der Waals surface area contributed by atoms with Crippen molar-refractivity contribution in [3.05, 3.63) is 53.1 Å². The second-order valence-corrected chi connectivity index (χ2v) is 9.28. The lowest BCUT2D eigenvalue weighted by atomic mass is 9.84. The van der Waals surface area contributed by atoms with Gasteiger partial charge in [-0.3, -0.25) is 4.79 Å². The molecule has 0 aliphatic carbocycles. The van der Waals surface area contributed by atoms with E-state index in [0.29, 0.717) is 37.6 Å². The van der Waals surface area contributed by atoms with Gasteiger partial charge in [-0.05, 0) is 44.4 Å². The summed E-state index contributed by atoms with van der Waals surface area (Å²) in [6, 6.07) is 9.84. The Morgan fingerprint density at radius 2 is 1.83 bits per heavy atom. The van der Waals surface area contributed by atoms with Crippen LogP contribution in [0.5, 0.6) is 0 Å². The second kappa shape index (κ2) is 9.71. The quantitative estimate of drug-likeness (QED) is 0.572. The van der Waals surface area contributed by atoms with Crippen molar-refractivity contribution in [3.8, 4) is 11.5 Å². The van der Waals surface area contributed by atoms with Crippen molar-refractivity contribution in [2.24, 2.45) is 0 Å². The molecule has 4 heterocycles. The number of piperazine rings is 1. The Morgan fingerprint density at radius 1 is 1.09 bits per heavy atom. The molecular weight excluding hydrogens is 446 g/mol. The summed E-state index contributed by atoms with van der Waals surface area (Å²) >= 11 is 0. The zero-order chi connectivity index (χ0) is 24.4. The van der Waals surface area contributed by atoms with Crippen molar-refractivity contribution in [2.75, 3.05) is 38.2 Å². The zero-order valence-corrected chi connectivity index (χ0v) is 20.5. The number of aryl methyl sites for hydroxylation is 2. The summed E-state index contributed by atoms with van der Waals surface area (Å²) in [6.07, 6.45) is 1.43. The molecule has 0 saturated carbocycles. The average Bonchev–Trinajstić information content (AvgIpc) is 3.31. The molecule has 2 fully saturated rings. The van der Waals surface area contributed by atoms with Gasteiger partial charge in [0, 0.05) is 56.8 Å².